The van der Waals surface area contributed by atoms with Gasteiger partial charge in [0.05, 0.1) is 12.6 Å². The van der Waals surface area contributed by atoms with E-state index in [9.17, 15) is 5.11 Å². The van der Waals surface area contributed by atoms with Crippen molar-refractivity contribution in [2.45, 2.75) is 25.5 Å². The van der Waals surface area contributed by atoms with Crippen LogP contribution in [0.3, 0.4) is 0 Å². The Hall–Kier alpha value is -1.43. The summed E-state index contributed by atoms with van der Waals surface area (Å²) in [5, 5.41) is 14.2. The molecule has 0 amide bonds. The lowest BCUT2D eigenvalue weighted by molar-refractivity contribution is 0.0740. The number of nitrogens with zero attached hydrogens (tertiary/aromatic N) is 3. The predicted octanol–water partition coefficient (Wildman–Crippen LogP) is 2.35. The Morgan fingerprint density at radius 1 is 1.25 bits per heavy atom. The monoisotopic (exact) mass is 293 g/mol. The van der Waals surface area contributed by atoms with Crippen molar-refractivity contribution >= 4 is 11.6 Å². The van der Waals surface area contributed by atoms with Crippen molar-refractivity contribution in [3.05, 3.63) is 35.2 Å². The van der Waals surface area contributed by atoms with Crippen molar-refractivity contribution in [2.24, 2.45) is 0 Å². The van der Waals surface area contributed by atoms with Crippen LogP contribution in [0.25, 0.3) is 11.4 Å². The van der Waals surface area contributed by atoms with E-state index in [4.69, 9.17) is 16.1 Å². The molecular weight excluding hydrogens is 278 g/mol. The van der Waals surface area contributed by atoms with Gasteiger partial charge in [-0.3, -0.25) is 4.90 Å². The van der Waals surface area contributed by atoms with Crippen LogP contribution in [0.15, 0.2) is 28.8 Å². The number of halogens is 1. The number of likely N-dealkylation sites (tertiary alicyclic amines) is 1. The van der Waals surface area contributed by atoms with Crippen molar-refractivity contribution in [1.82, 2.24) is 15.0 Å². The summed E-state index contributed by atoms with van der Waals surface area (Å²) < 4.78 is 5.28. The molecule has 1 aromatic heterocycles. The van der Waals surface area contributed by atoms with Gasteiger partial charge in [0.2, 0.25) is 11.7 Å². The lowest BCUT2D eigenvalue weighted by atomic mass is 10.1. The lowest BCUT2D eigenvalue weighted by Gasteiger charge is -2.27. The minimum Gasteiger partial charge on any atom is -0.393 e. The summed E-state index contributed by atoms with van der Waals surface area (Å²) in [6.45, 7) is 2.35. The lowest BCUT2D eigenvalue weighted by Crippen LogP contribution is -2.35. The second kappa shape index (κ2) is 5.91. The number of aromatic nitrogens is 2. The quantitative estimate of drug-likeness (QED) is 0.941. The first-order chi connectivity index (χ1) is 9.70. The van der Waals surface area contributed by atoms with Gasteiger partial charge in [-0.15, -0.1) is 0 Å². The second-order valence-corrected chi connectivity index (χ2v) is 5.46. The maximum Gasteiger partial charge on any atom is 0.241 e. The first kappa shape index (κ1) is 13.5. The van der Waals surface area contributed by atoms with Gasteiger partial charge in [-0.25, -0.2) is 0 Å². The van der Waals surface area contributed by atoms with Gasteiger partial charge < -0.3 is 9.63 Å². The van der Waals surface area contributed by atoms with Crippen LogP contribution < -0.4 is 0 Å². The molecule has 2 aromatic rings. The zero-order chi connectivity index (χ0) is 13.9. The fourth-order valence-corrected chi connectivity index (χ4v) is 2.43. The van der Waals surface area contributed by atoms with Gasteiger partial charge >= 0.3 is 0 Å². The van der Waals surface area contributed by atoms with E-state index in [1.165, 1.54) is 0 Å². The molecule has 2 heterocycles. The third-order valence-electron chi connectivity index (χ3n) is 3.49. The molecule has 1 aromatic carbocycles. The Morgan fingerprint density at radius 3 is 2.65 bits per heavy atom. The number of aliphatic hydroxyl groups is 1. The van der Waals surface area contributed by atoms with Crippen molar-refractivity contribution < 1.29 is 9.63 Å². The van der Waals surface area contributed by atoms with Crippen molar-refractivity contribution in [2.75, 3.05) is 13.1 Å². The van der Waals surface area contributed by atoms with Crippen LogP contribution in [0, 0.1) is 0 Å². The number of piperidine rings is 1. The molecule has 1 N–H and O–H groups in total. The number of hydrogen-bond donors (Lipinski definition) is 1. The van der Waals surface area contributed by atoms with E-state index in [0.717, 1.165) is 31.5 Å². The van der Waals surface area contributed by atoms with Crippen molar-refractivity contribution in [1.29, 1.82) is 0 Å². The molecule has 0 radical (unpaired) electrons. The van der Waals surface area contributed by atoms with Crippen LogP contribution in [-0.4, -0.2) is 39.3 Å². The minimum atomic E-state index is -0.168. The summed E-state index contributed by atoms with van der Waals surface area (Å²) in [4.78, 5) is 6.61. The highest BCUT2D eigenvalue weighted by molar-refractivity contribution is 6.30. The average molecular weight is 294 g/mol. The Balaban J connectivity index is 1.66. The molecule has 6 heteroatoms. The van der Waals surface area contributed by atoms with Crippen LogP contribution in [0.5, 0.6) is 0 Å². The molecule has 0 saturated carbocycles. The van der Waals surface area contributed by atoms with Crippen LogP contribution in [-0.2, 0) is 6.54 Å². The molecule has 1 saturated heterocycles. The maximum absolute atomic E-state index is 9.48. The molecule has 1 aliphatic rings. The normalized spacial score (nSPS) is 17.5. The fourth-order valence-electron chi connectivity index (χ4n) is 2.30. The highest BCUT2D eigenvalue weighted by Gasteiger charge is 2.19. The third-order valence-corrected chi connectivity index (χ3v) is 3.74. The maximum atomic E-state index is 9.48. The average Bonchev–Trinajstić information content (AvgIpc) is 2.91. The molecule has 106 valence electrons. The number of hydrogen-bond acceptors (Lipinski definition) is 5. The fraction of sp³-hybridized carbons (Fsp3) is 0.429. The smallest absolute Gasteiger partial charge is 0.241 e. The Kier molecular flexibility index (Phi) is 4.00. The van der Waals surface area contributed by atoms with Crippen LogP contribution in [0.4, 0.5) is 0 Å². The van der Waals surface area contributed by atoms with Crippen molar-refractivity contribution in [3.63, 3.8) is 0 Å². The van der Waals surface area contributed by atoms with Crippen LogP contribution in [0.1, 0.15) is 18.7 Å². The highest BCUT2D eigenvalue weighted by atomic mass is 35.5. The molecule has 3 rings (SSSR count). The standard InChI is InChI=1S/C14H16ClN3O2/c15-11-3-1-10(2-4-11)14-16-13(20-17-14)9-18-7-5-12(19)6-8-18/h1-4,12,19H,5-9H2. The van der Waals surface area contributed by atoms with E-state index < -0.39 is 0 Å². The molecule has 0 atom stereocenters. The topological polar surface area (TPSA) is 62.4 Å². The van der Waals surface area contributed by atoms with E-state index in [1.807, 2.05) is 12.1 Å². The molecule has 0 aliphatic carbocycles. The summed E-state index contributed by atoms with van der Waals surface area (Å²) in [6, 6.07) is 7.35. The molecule has 5 nitrogen and oxygen atoms in total. The molecule has 20 heavy (non-hydrogen) atoms. The molecule has 0 spiro atoms. The van der Waals surface area contributed by atoms with E-state index in [0.29, 0.717) is 23.3 Å². The molecule has 0 unspecified atom stereocenters. The number of rotatable bonds is 3. The minimum absolute atomic E-state index is 0.168. The summed E-state index contributed by atoms with van der Waals surface area (Å²) in [5.41, 5.74) is 0.887. The van der Waals surface area contributed by atoms with Gasteiger partial charge in [-0.05, 0) is 37.1 Å². The molecular formula is C14H16ClN3O2. The molecule has 1 aliphatic heterocycles. The highest BCUT2D eigenvalue weighted by Crippen LogP contribution is 2.19. The van der Waals surface area contributed by atoms with Crippen LogP contribution in [0.2, 0.25) is 5.02 Å². The Bertz CT molecular complexity index is 562. The second-order valence-electron chi connectivity index (χ2n) is 5.03. The zero-order valence-corrected chi connectivity index (χ0v) is 11.8. The Labute approximate surface area is 122 Å². The van der Waals surface area contributed by atoms with E-state index in [2.05, 4.69) is 15.0 Å². The summed E-state index contributed by atoms with van der Waals surface area (Å²) >= 11 is 5.85. The summed E-state index contributed by atoms with van der Waals surface area (Å²) in [5.74, 6) is 1.18. The third kappa shape index (κ3) is 3.17. The van der Waals surface area contributed by atoms with E-state index in [1.54, 1.807) is 12.1 Å². The van der Waals surface area contributed by atoms with Gasteiger partial charge in [-0.2, -0.15) is 4.98 Å². The molecule has 1 fully saturated rings. The van der Waals surface area contributed by atoms with Gasteiger partial charge in [0.25, 0.3) is 0 Å². The first-order valence-electron chi connectivity index (χ1n) is 6.69. The molecule has 0 bridgehead atoms. The van der Waals surface area contributed by atoms with Crippen molar-refractivity contribution in [3.8, 4) is 11.4 Å². The van der Waals surface area contributed by atoms with Gasteiger partial charge in [0.1, 0.15) is 0 Å². The van der Waals surface area contributed by atoms with Crippen LogP contribution >= 0.6 is 11.6 Å². The SMILES string of the molecule is OC1CCN(Cc2nc(-c3ccc(Cl)cc3)no2)CC1. The first-order valence-corrected chi connectivity index (χ1v) is 7.07. The number of benzene rings is 1. The van der Waals surface area contributed by atoms with E-state index >= 15 is 0 Å². The largest absolute Gasteiger partial charge is 0.393 e. The summed E-state index contributed by atoms with van der Waals surface area (Å²) in [6.07, 6.45) is 1.44. The number of aliphatic hydroxyl groups excluding tert-OH is 1. The summed E-state index contributed by atoms with van der Waals surface area (Å²) in [7, 11) is 0. The van der Waals surface area contributed by atoms with Gasteiger partial charge in [0, 0.05) is 23.7 Å². The predicted molar refractivity (Wildman–Crippen MR) is 75.3 cm³/mol. The van der Waals surface area contributed by atoms with Gasteiger partial charge in [-0.1, -0.05) is 16.8 Å². The zero-order valence-electron chi connectivity index (χ0n) is 11.0. The van der Waals surface area contributed by atoms with Gasteiger partial charge in [0.15, 0.2) is 0 Å². The van der Waals surface area contributed by atoms with E-state index in [-0.39, 0.29) is 6.10 Å². The Morgan fingerprint density at radius 2 is 1.95 bits per heavy atom.